The molecule has 0 radical (unpaired) electrons. The van der Waals surface area contributed by atoms with Gasteiger partial charge < -0.3 is 0 Å². The molecule has 10 rings (SSSR count). The van der Waals surface area contributed by atoms with Crippen LogP contribution in [0.1, 0.15) is 0 Å². The van der Waals surface area contributed by atoms with Crippen molar-refractivity contribution in [2.24, 2.45) is 0 Å². The molecule has 0 aliphatic heterocycles. The van der Waals surface area contributed by atoms with Crippen LogP contribution in [-0.4, -0.2) is 0 Å². The summed E-state index contributed by atoms with van der Waals surface area (Å²) in [7, 11) is 0. The highest BCUT2D eigenvalue weighted by atomic mass is 32.1. The van der Waals surface area contributed by atoms with Crippen LogP contribution in [-0.2, 0) is 0 Å². The maximum Gasteiger partial charge on any atom is 0.0540 e. The lowest BCUT2D eigenvalue weighted by Gasteiger charge is -2.17. The average Bonchev–Trinajstić information content (AvgIpc) is 3.67. The van der Waals surface area contributed by atoms with Gasteiger partial charge in [-0.1, -0.05) is 127 Å². The fraction of sp³-hybridized carbons (Fsp3) is 0. The van der Waals surface area contributed by atoms with Crippen LogP contribution in [0.3, 0.4) is 0 Å². The van der Waals surface area contributed by atoms with Crippen molar-refractivity contribution in [2.45, 2.75) is 0 Å². The van der Waals surface area contributed by atoms with Crippen LogP contribution < -0.4 is 0 Å². The van der Waals surface area contributed by atoms with E-state index in [1.54, 1.807) is 0 Å². The number of fused-ring (bicyclic) bond motifs is 12. The van der Waals surface area contributed by atoms with Gasteiger partial charge in [-0.3, -0.25) is 0 Å². The zero-order valence-electron chi connectivity index (χ0n) is 23.7. The largest absolute Gasteiger partial charge is 0.134 e. The Morgan fingerprint density at radius 1 is 0.295 bits per heavy atom. The normalized spacial score (nSPS) is 12.1. The molecule has 0 aliphatic rings. The predicted molar refractivity (Wildman–Crippen MR) is 196 cm³/mol. The van der Waals surface area contributed by atoms with Crippen molar-refractivity contribution in [2.75, 3.05) is 0 Å². The molecule has 0 spiro atoms. The molecule has 0 saturated heterocycles. The summed E-state index contributed by atoms with van der Waals surface area (Å²) >= 11 is 3.88. The Balaban J connectivity index is 1.35. The Labute approximate surface area is 262 Å². The van der Waals surface area contributed by atoms with Gasteiger partial charge in [0.2, 0.25) is 0 Å². The molecule has 0 aliphatic carbocycles. The molecular weight excluding hydrogens is 569 g/mol. The average molecular weight is 593 g/mol. The maximum absolute atomic E-state index is 2.47. The summed E-state index contributed by atoms with van der Waals surface area (Å²) in [6, 6.07) is 53.8. The molecule has 8 aromatic carbocycles. The van der Waals surface area contributed by atoms with Gasteiger partial charge in [-0.25, -0.2) is 0 Å². The van der Waals surface area contributed by atoms with Crippen molar-refractivity contribution in [3.05, 3.63) is 146 Å². The quantitative estimate of drug-likeness (QED) is 0.175. The fourth-order valence-electron chi connectivity index (χ4n) is 7.43. The van der Waals surface area contributed by atoms with Crippen LogP contribution in [0.15, 0.2) is 146 Å². The number of hydrogen-bond donors (Lipinski definition) is 0. The minimum Gasteiger partial charge on any atom is -0.134 e. The maximum atomic E-state index is 2.47. The van der Waals surface area contributed by atoms with E-state index in [1.165, 1.54) is 94.9 Å². The van der Waals surface area contributed by atoms with Crippen LogP contribution in [0.2, 0.25) is 0 Å². The van der Waals surface area contributed by atoms with Crippen molar-refractivity contribution < 1.29 is 0 Å². The highest BCUT2D eigenvalue weighted by molar-refractivity contribution is 7.33. The smallest absolute Gasteiger partial charge is 0.0540 e. The minimum atomic E-state index is 1.25. The summed E-state index contributed by atoms with van der Waals surface area (Å²) in [6.45, 7) is 0. The first-order valence-electron chi connectivity index (χ1n) is 15.0. The number of thiophene rings is 2. The second-order valence-corrected chi connectivity index (χ2v) is 13.7. The third-order valence-electron chi connectivity index (χ3n) is 9.24. The predicted octanol–water partition coefficient (Wildman–Crippen LogP) is 13.2. The second kappa shape index (κ2) is 9.24. The Kier molecular flexibility index (Phi) is 5.13. The molecule has 10 aromatic rings. The van der Waals surface area contributed by atoms with E-state index >= 15 is 0 Å². The molecule has 0 nitrogen and oxygen atoms in total. The number of hydrogen-bond acceptors (Lipinski definition) is 2. The summed E-state index contributed by atoms with van der Waals surface area (Å²) < 4.78 is 5.51. The van der Waals surface area contributed by atoms with E-state index in [0.717, 1.165) is 0 Å². The van der Waals surface area contributed by atoms with Crippen LogP contribution in [0.25, 0.3) is 94.9 Å². The molecular formula is C42H24S2. The standard InChI is InChI=1S/C42H24S2/c1-2-12-25(13-3-1)37-27-14-4-6-16-29(27)38(30-17-7-5-15-28(30)37)26-22-23-36-34(24-26)40-32-19-9-8-18-31(32)39-33-20-10-11-21-35(33)43-41(39)42(40)44-36/h1-24H. The number of rotatable bonds is 2. The lowest BCUT2D eigenvalue weighted by Crippen LogP contribution is -1.90. The molecule has 0 N–H and O–H groups in total. The Hall–Kier alpha value is -5.02. The van der Waals surface area contributed by atoms with Gasteiger partial charge in [-0.15, -0.1) is 22.7 Å². The van der Waals surface area contributed by atoms with E-state index in [4.69, 9.17) is 0 Å². The summed E-state index contributed by atoms with van der Waals surface area (Å²) in [5, 5.41) is 13.3. The molecule has 0 saturated carbocycles. The van der Waals surface area contributed by atoms with Gasteiger partial charge >= 0.3 is 0 Å². The highest BCUT2D eigenvalue weighted by Gasteiger charge is 2.20. The van der Waals surface area contributed by atoms with E-state index in [9.17, 15) is 0 Å². The molecule has 0 amide bonds. The first-order chi connectivity index (χ1) is 21.8. The monoisotopic (exact) mass is 592 g/mol. The van der Waals surface area contributed by atoms with E-state index in [-0.39, 0.29) is 0 Å². The molecule has 204 valence electrons. The highest BCUT2D eigenvalue weighted by Crippen LogP contribution is 2.50. The Bertz CT molecular complexity index is 2700. The molecule has 0 unspecified atom stereocenters. The SMILES string of the molecule is c1ccc(-c2c3ccccc3c(-c3ccc4sc5c6sc7ccccc7c6c6ccccc6c5c4c3)c3ccccc23)cc1. The second-order valence-electron chi connectivity index (χ2n) is 11.6. The van der Waals surface area contributed by atoms with Gasteiger partial charge in [-0.05, 0) is 72.8 Å². The molecule has 2 heterocycles. The van der Waals surface area contributed by atoms with Gasteiger partial charge in [0, 0.05) is 30.9 Å². The topological polar surface area (TPSA) is 0 Å². The van der Waals surface area contributed by atoms with E-state index < -0.39 is 0 Å². The molecule has 0 atom stereocenters. The zero-order valence-corrected chi connectivity index (χ0v) is 25.3. The van der Waals surface area contributed by atoms with Crippen molar-refractivity contribution in [3.8, 4) is 22.3 Å². The zero-order chi connectivity index (χ0) is 28.8. The van der Waals surface area contributed by atoms with Crippen molar-refractivity contribution in [1.82, 2.24) is 0 Å². The van der Waals surface area contributed by atoms with Gasteiger partial charge in [0.1, 0.15) is 0 Å². The van der Waals surface area contributed by atoms with Crippen molar-refractivity contribution in [3.63, 3.8) is 0 Å². The fourth-order valence-corrected chi connectivity index (χ4v) is 9.98. The van der Waals surface area contributed by atoms with E-state index in [2.05, 4.69) is 146 Å². The Morgan fingerprint density at radius 2 is 0.727 bits per heavy atom. The summed E-state index contributed by atoms with van der Waals surface area (Å²) in [5.74, 6) is 0. The lowest BCUT2D eigenvalue weighted by molar-refractivity contribution is 1.66. The molecule has 2 aromatic heterocycles. The van der Waals surface area contributed by atoms with Crippen molar-refractivity contribution >= 4 is 95.3 Å². The van der Waals surface area contributed by atoms with Gasteiger partial charge in [0.25, 0.3) is 0 Å². The van der Waals surface area contributed by atoms with E-state index in [0.29, 0.717) is 0 Å². The molecule has 2 heteroatoms. The van der Waals surface area contributed by atoms with Gasteiger partial charge in [-0.2, -0.15) is 0 Å². The molecule has 44 heavy (non-hydrogen) atoms. The Morgan fingerprint density at radius 3 is 1.32 bits per heavy atom. The van der Waals surface area contributed by atoms with Crippen LogP contribution >= 0.6 is 22.7 Å². The molecule has 0 fully saturated rings. The lowest BCUT2D eigenvalue weighted by atomic mass is 9.85. The van der Waals surface area contributed by atoms with Crippen LogP contribution in [0.4, 0.5) is 0 Å². The van der Waals surface area contributed by atoms with Gasteiger partial charge in [0.05, 0.1) is 9.40 Å². The first kappa shape index (κ1) is 24.4. The summed E-state index contributed by atoms with van der Waals surface area (Å²) in [5.41, 5.74) is 5.14. The van der Waals surface area contributed by atoms with Crippen LogP contribution in [0.5, 0.6) is 0 Å². The van der Waals surface area contributed by atoms with Gasteiger partial charge in [0.15, 0.2) is 0 Å². The first-order valence-corrected chi connectivity index (χ1v) is 16.7. The van der Waals surface area contributed by atoms with Crippen molar-refractivity contribution in [1.29, 1.82) is 0 Å². The van der Waals surface area contributed by atoms with E-state index in [1.807, 2.05) is 22.7 Å². The third kappa shape index (κ3) is 3.33. The molecule has 0 bridgehead atoms. The number of benzene rings is 8. The third-order valence-corrected chi connectivity index (χ3v) is 11.7. The summed E-state index contributed by atoms with van der Waals surface area (Å²) in [4.78, 5) is 0. The minimum absolute atomic E-state index is 1.25. The van der Waals surface area contributed by atoms with Crippen LogP contribution in [0, 0.1) is 0 Å². The summed E-state index contributed by atoms with van der Waals surface area (Å²) in [6.07, 6.45) is 0.